The average molecular weight is 399 g/mol. The van der Waals surface area contributed by atoms with Crippen molar-refractivity contribution in [2.75, 3.05) is 6.61 Å². The van der Waals surface area contributed by atoms with Crippen LogP contribution < -0.4 is 4.74 Å². The van der Waals surface area contributed by atoms with Gasteiger partial charge in [-0.15, -0.1) is 0 Å². The largest absolute Gasteiger partial charge is 0.490 e. The van der Waals surface area contributed by atoms with Crippen LogP contribution in [0.5, 0.6) is 5.75 Å². The van der Waals surface area contributed by atoms with Crippen LogP contribution in [-0.4, -0.2) is 15.0 Å². The van der Waals surface area contributed by atoms with Crippen LogP contribution >= 0.6 is 11.6 Å². The van der Waals surface area contributed by atoms with Gasteiger partial charge in [-0.1, -0.05) is 24.4 Å². The van der Waals surface area contributed by atoms with Gasteiger partial charge in [0.25, 0.3) is 0 Å². The molecule has 0 amide bonds. The van der Waals surface area contributed by atoms with Crippen LogP contribution in [0.15, 0.2) is 41.3 Å². The summed E-state index contributed by atoms with van der Waals surface area (Å²) in [6.45, 7) is 0.0207. The van der Waals surface area contributed by atoms with Crippen molar-refractivity contribution in [1.82, 2.24) is 0 Å². The minimum atomic E-state index is -3.99. The van der Waals surface area contributed by atoms with E-state index >= 15 is 0 Å². The highest BCUT2D eigenvalue weighted by atomic mass is 35.5. The van der Waals surface area contributed by atoms with Gasteiger partial charge < -0.3 is 4.74 Å². The molecule has 2 aromatic rings. The molecule has 1 unspecified atom stereocenters. The topological polar surface area (TPSA) is 43.4 Å². The van der Waals surface area contributed by atoms with Gasteiger partial charge in [0.1, 0.15) is 10.6 Å². The van der Waals surface area contributed by atoms with Crippen molar-refractivity contribution in [3.05, 3.63) is 58.6 Å². The third kappa shape index (κ3) is 2.70. The molecular formula is C19H17ClF2O3S. The first-order chi connectivity index (χ1) is 12.3. The molecule has 2 aliphatic rings. The van der Waals surface area contributed by atoms with Gasteiger partial charge in [-0.05, 0) is 48.7 Å². The van der Waals surface area contributed by atoms with Crippen LogP contribution in [0.1, 0.15) is 31.2 Å². The summed E-state index contributed by atoms with van der Waals surface area (Å²) in [6.07, 6.45) is 2.13. The highest BCUT2D eigenvalue weighted by molar-refractivity contribution is 7.92. The molecule has 1 saturated carbocycles. The van der Waals surface area contributed by atoms with E-state index in [4.69, 9.17) is 16.3 Å². The van der Waals surface area contributed by atoms with E-state index in [1.165, 1.54) is 24.3 Å². The predicted molar refractivity (Wildman–Crippen MR) is 94.1 cm³/mol. The molecule has 0 N–H and O–H groups in total. The van der Waals surface area contributed by atoms with Crippen LogP contribution in [0.4, 0.5) is 8.78 Å². The summed E-state index contributed by atoms with van der Waals surface area (Å²) in [5, 5.41) is 0.407. The minimum absolute atomic E-state index is 0.0207. The molecule has 2 aromatic carbocycles. The van der Waals surface area contributed by atoms with Crippen molar-refractivity contribution in [2.45, 2.75) is 35.3 Å². The molecule has 0 saturated heterocycles. The van der Waals surface area contributed by atoms with Gasteiger partial charge in [0, 0.05) is 11.4 Å². The predicted octanol–water partition coefficient (Wildman–Crippen LogP) is 4.87. The van der Waals surface area contributed by atoms with E-state index in [0.29, 0.717) is 5.02 Å². The minimum Gasteiger partial charge on any atom is -0.490 e. The lowest BCUT2D eigenvalue weighted by molar-refractivity contribution is 0.224. The summed E-state index contributed by atoms with van der Waals surface area (Å²) in [5.74, 6) is -1.59. The van der Waals surface area contributed by atoms with E-state index < -0.39 is 26.2 Å². The van der Waals surface area contributed by atoms with Gasteiger partial charge in [-0.2, -0.15) is 0 Å². The van der Waals surface area contributed by atoms with Gasteiger partial charge in [0.15, 0.2) is 21.4 Å². The summed E-state index contributed by atoms with van der Waals surface area (Å²) in [7, 11) is -3.99. The number of sulfone groups is 1. The molecular weight excluding hydrogens is 382 g/mol. The standard InChI is InChI=1S/C19H17ClF2O3S/c20-13-3-5-14(6-4-13)26(23,24)19(11-12-1-2-12)9-10-25-18-16(22)8-7-15(21)17(18)19/h3-8,12H,1-2,9-11H2. The Labute approximate surface area is 155 Å². The SMILES string of the molecule is O=S(=O)(c1ccc(Cl)cc1)C1(CC2CC2)CCOc2c(F)ccc(F)c21. The van der Waals surface area contributed by atoms with E-state index in [2.05, 4.69) is 0 Å². The lowest BCUT2D eigenvalue weighted by Crippen LogP contribution is -2.42. The zero-order valence-electron chi connectivity index (χ0n) is 13.8. The molecule has 138 valence electrons. The van der Waals surface area contributed by atoms with E-state index in [9.17, 15) is 17.2 Å². The molecule has 4 rings (SSSR count). The van der Waals surface area contributed by atoms with Crippen LogP contribution in [0.3, 0.4) is 0 Å². The summed E-state index contributed by atoms with van der Waals surface area (Å²) in [5.41, 5.74) is -0.175. The Morgan fingerprint density at radius 3 is 2.38 bits per heavy atom. The number of rotatable bonds is 4. The highest BCUT2D eigenvalue weighted by Crippen LogP contribution is 2.54. The van der Waals surface area contributed by atoms with Gasteiger partial charge in [0.2, 0.25) is 0 Å². The van der Waals surface area contributed by atoms with Crippen molar-refractivity contribution in [3.8, 4) is 5.75 Å². The first-order valence-electron chi connectivity index (χ1n) is 8.47. The summed E-state index contributed by atoms with van der Waals surface area (Å²) < 4.78 is 60.1. The Hall–Kier alpha value is -1.66. The Bertz CT molecular complexity index is 955. The first-order valence-corrected chi connectivity index (χ1v) is 10.3. The van der Waals surface area contributed by atoms with E-state index in [-0.39, 0.29) is 41.6 Å². The molecule has 1 atom stereocenters. The number of fused-ring (bicyclic) bond motifs is 1. The number of hydrogen-bond donors (Lipinski definition) is 0. The van der Waals surface area contributed by atoms with E-state index in [1.54, 1.807) is 0 Å². The summed E-state index contributed by atoms with van der Waals surface area (Å²) >= 11 is 5.88. The van der Waals surface area contributed by atoms with Gasteiger partial charge >= 0.3 is 0 Å². The second-order valence-electron chi connectivity index (χ2n) is 6.93. The lowest BCUT2D eigenvalue weighted by atomic mass is 9.86. The molecule has 1 aliphatic carbocycles. The third-order valence-electron chi connectivity index (χ3n) is 5.22. The van der Waals surface area contributed by atoms with Crippen molar-refractivity contribution in [2.24, 2.45) is 5.92 Å². The van der Waals surface area contributed by atoms with Gasteiger partial charge in [-0.25, -0.2) is 17.2 Å². The first kappa shape index (κ1) is 17.7. The molecule has 0 aromatic heterocycles. The van der Waals surface area contributed by atoms with Crippen molar-refractivity contribution in [1.29, 1.82) is 0 Å². The number of hydrogen-bond acceptors (Lipinski definition) is 3. The summed E-state index contributed by atoms with van der Waals surface area (Å²) in [4.78, 5) is 0.0547. The maximum Gasteiger partial charge on any atom is 0.188 e. The molecule has 0 bridgehead atoms. The second-order valence-corrected chi connectivity index (χ2v) is 9.63. The van der Waals surface area contributed by atoms with Crippen LogP contribution in [0.25, 0.3) is 0 Å². The average Bonchev–Trinajstić information content (AvgIpc) is 3.42. The van der Waals surface area contributed by atoms with Crippen molar-refractivity contribution < 1.29 is 21.9 Å². The molecule has 3 nitrogen and oxygen atoms in total. The van der Waals surface area contributed by atoms with E-state index in [1.807, 2.05) is 0 Å². The lowest BCUT2D eigenvalue weighted by Gasteiger charge is -2.38. The van der Waals surface area contributed by atoms with Crippen molar-refractivity contribution in [3.63, 3.8) is 0 Å². The molecule has 7 heteroatoms. The molecule has 0 spiro atoms. The zero-order valence-corrected chi connectivity index (χ0v) is 15.4. The fourth-order valence-corrected chi connectivity index (χ4v) is 6.09. The maximum atomic E-state index is 14.8. The maximum absolute atomic E-state index is 14.8. The fraction of sp³-hybridized carbons (Fsp3) is 0.368. The molecule has 1 fully saturated rings. The van der Waals surface area contributed by atoms with Crippen LogP contribution in [0.2, 0.25) is 5.02 Å². The Morgan fingerprint density at radius 2 is 1.73 bits per heavy atom. The van der Waals surface area contributed by atoms with Crippen molar-refractivity contribution >= 4 is 21.4 Å². The van der Waals surface area contributed by atoms with E-state index in [0.717, 1.165) is 25.0 Å². The molecule has 1 heterocycles. The van der Waals surface area contributed by atoms with Crippen LogP contribution in [0, 0.1) is 17.6 Å². The Kier molecular flexibility index (Phi) is 4.23. The second kappa shape index (κ2) is 6.20. The number of halogens is 3. The van der Waals surface area contributed by atoms with Gasteiger partial charge in [-0.3, -0.25) is 0 Å². The quantitative estimate of drug-likeness (QED) is 0.738. The van der Waals surface area contributed by atoms with Crippen LogP contribution in [-0.2, 0) is 14.6 Å². The Balaban J connectivity index is 1.97. The summed E-state index contributed by atoms with van der Waals surface area (Å²) in [6, 6.07) is 7.75. The Morgan fingerprint density at radius 1 is 1.08 bits per heavy atom. The smallest absolute Gasteiger partial charge is 0.188 e. The molecule has 0 radical (unpaired) electrons. The normalized spacial score (nSPS) is 22.6. The fourth-order valence-electron chi connectivity index (χ4n) is 3.75. The molecule has 1 aliphatic heterocycles. The zero-order chi connectivity index (χ0) is 18.5. The number of benzene rings is 2. The third-order valence-corrected chi connectivity index (χ3v) is 7.97. The molecule has 26 heavy (non-hydrogen) atoms. The highest BCUT2D eigenvalue weighted by Gasteiger charge is 2.54. The number of ether oxygens (including phenoxy) is 1. The monoisotopic (exact) mass is 398 g/mol. The van der Waals surface area contributed by atoms with Gasteiger partial charge in [0.05, 0.1) is 17.1 Å².